The maximum absolute atomic E-state index is 13.3. The molecule has 45 heavy (non-hydrogen) atoms. The SMILES string of the molecule is Cc1ccc(COc2ccc(NC(=O)/C(C#N)=C/c3c(OCc4c(C)ccc5ccccc45)ccc4ccccc34)cc2)cc1. The second-order valence-electron chi connectivity index (χ2n) is 11.0. The molecule has 0 spiro atoms. The molecule has 0 fully saturated rings. The summed E-state index contributed by atoms with van der Waals surface area (Å²) >= 11 is 0. The number of nitriles is 1. The Morgan fingerprint density at radius 2 is 1.40 bits per heavy atom. The summed E-state index contributed by atoms with van der Waals surface area (Å²) in [6.45, 7) is 4.92. The zero-order chi connectivity index (χ0) is 31.2. The van der Waals surface area contributed by atoms with Crippen LogP contribution in [0.15, 0.2) is 127 Å². The molecule has 0 aromatic heterocycles. The molecule has 0 aliphatic rings. The van der Waals surface area contributed by atoms with Crippen molar-refractivity contribution in [3.05, 3.63) is 155 Å². The summed E-state index contributed by atoms with van der Waals surface area (Å²) in [5.74, 6) is 0.773. The first-order valence-corrected chi connectivity index (χ1v) is 14.8. The molecule has 0 saturated carbocycles. The lowest BCUT2D eigenvalue weighted by atomic mass is 9.99. The van der Waals surface area contributed by atoms with Crippen molar-refractivity contribution in [2.24, 2.45) is 0 Å². The highest BCUT2D eigenvalue weighted by Crippen LogP contribution is 2.32. The maximum atomic E-state index is 13.3. The van der Waals surface area contributed by atoms with Gasteiger partial charge in [0.25, 0.3) is 5.91 Å². The minimum atomic E-state index is -0.505. The summed E-state index contributed by atoms with van der Waals surface area (Å²) in [4.78, 5) is 13.3. The zero-order valence-electron chi connectivity index (χ0n) is 25.2. The number of amides is 1. The molecular formula is C40H32N2O3. The number of fused-ring (bicyclic) bond motifs is 2. The molecule has 6 aromatic carbocycles. The van der Waals surface area contributed by atoms with E-state index < -0.39 is 5.91 Å². The predicted octanol–water partition coefficient (Wildman–Crippen LogP) is 9.31. The molecule has 6 rings (SSSR count). The van der Waals surface area contributed by atoms with Gasteiger partial charge >= 0.3 is 0 Å². The molecule has 5 nitrogen and oxygen atoms in total. The van der Waals surface area contributed by atoms with E-state index in [1.54, 1.807) is 30.3 Å². The highest BCUT2D eigenvalue weighted by molar-refractivity contribution is 6.11. The van der Waals surface area contributed by atoms with E-state index in [9.17, 15) is 10.1 Å². The van der Waals surface area contributed by atoms with Gasteiger partial charge in [-0.05, 0) is 82.9 Å². The first kappa shape index (κ1) is 29.2. The number of rotatable bonds is 9. The first-order valence-electron chi connectivity index (χ1n) is 14.8. The summed E-state index contributed by atoms with van der Waals surface area (Å²) < 4.78 is 12.3. The second kappa shape index (κ2) is 13.2. The lowest BCUT2D eigenvalue weighted by Crippen LogP contribution is -2.13. The number of nitrogens with one attached hydrogen (secondary N) is 1. The van der Waals surface area contributed by atoms with Crippen LogP contribution in [-0.2, 0) is 18.0 Å². The molecule has 0 unspecified atom stereocenters. The molecule has 0 aliphatic carbocycles. The van der Waals surface area contributed by atoms with Crippen molar-refractivity contribution >= 4 is 39.2 Å². The van der Waals surface area contributed by atoms with E-state index in [1.165, 1.54) is 5.56 Å². The van der Waals surface area contributed by atoms with E-state index in [4.69, 9.17) is 9.47 Å². The van der Waals surface area contributed by atoms with E-state index in [0.717, 1.165) is 38.2 Å². The molecular weight excluding hydrogens is 556 g/mol. The van der Waals surface area contributed by atoms with Crippen LogP contribution < -0.4 is 14.8 Å². The molecule has 0 atom stereocenters. The van der Waals surface area contributed by atoms with Crippen molar-refractivity contribution in [2.45, 2.75) is 27.1 Å². The first-order chi connectivity index (χ1) is 22.0. The topological polar surface area (TPSA) is 71.3 Å². The highest BCUT2D eigenvalue weighted by Gasteiger charge is 2.15. The van der Waals surface area contributed by atoms with Crippen molar-refractivity contribution in [3.63, 3.8) is 0 Å². The highest BCUT2D eigenvalue weighted by atomic mass is 16.5. The lowest BCUT2D eigenvalue weighted by Gasteiger charge is -2.15. The number of benzene rings is 6. The van der Waals surface area contributed by atoms with Gasteiger partial charge in [0.1, 0.15) is 36.4 Å². The third-order valence-electron chi connectivity index (χ3n) is 7.87. The summed E-state index contributed by atoms with van der Waals surface area (Å²) in [5.41, 5.74) is 5.71. The van der Waals surface area contributed by atoms with Crippen molar-refractivity contribution in [3.8, 4) is 17.6 Å². The summed E-state index contributed by atoms with van der Waals surface area (Å²) in [6, 6.07) is 41.6. The normalized spacial score (nSPS) is 11.3. The maximum Gasteiger partial charge on any atom is 0.266 e. The van der Waals surface area contributed by atoms with Crippen LogP contribution in [0.4, 0.5) is 5.69 Å². The average molecular weight is 589 g/mol. The Kier molecular flexibility index (Phi) is 8.57. The van der Waals surface area contributed by atoms with Gasteiger partial charge in [-0.15, -0.1) is 0 Å². The molecule has 0 bridgehead atoms. The largest absolute Gasteiger partial charge is 0.489 e. The molecule has 220 valence electrons. The third-order valence-corrected chi connectivity index (χ3v) is 7.87. The summed E-state index contributed by atoms with van der Waals surface area (Å²) in [7, 11) is 0. The van der Waals surface area contributed by atoms with Crippen LogP contribution >= 0.6 is 0 Å². The van der Waals surface area contributed by atoms with Gasteiger partial charge in [0.2, 0.25) is 0 Å². The van der Waals surface area contributed by atoms with Crippen molar-refractivity contribution in [1.82, 2.24) is 0 Å². The Labute approximate surface area is 263 Å². The number of aryl methyl sites for hydroxylation is 2. The van der Waals surface area contributed by atoms with Crippen LogP contribution in [0.2, 0.25) is 0 Å². The van der Waals surface area contributed by atoms with Crippen LogP contribution in [0, 0.1) is 25.2 Å². The second-order valence-corrected chi connectivity index (χ2v) is 11.0. The number of nitrogens with zero attached hydrogens (tertiary/aromatic N) is 1. The van der Waals surface area contributed by atoms with Gasteiger partial charge in [0.05, 0.1) is 0 Å². The van der Waals surface area contributed by atoms with Gasteiger partial charge in [-0.25, -0.2) is 0 Å². The molecule has 6 aromatic rings. The quantitative estimate of drug-likeness (QED) is 0.135. The number of carbonyl (C=O) groups excluding carboxylic acids is 1. The van der Waals surface area contributed by atoms with Crippen LogP contribution in [-0.4, -0.2) is 5.91 Å². The number of carbonyl (C=O) groups is 1. The van der Waals surface area contributed by atoms with E-state index >= 15 is 0 Å². The van der Waals surface area contributed by atoms with Gasteiger partial charge in [-0.2, -0.15) is 5.26 Å². The summed E-state index contributed by atoms with van der Waals surface area (Å²) in [6.07, 6.45) is 1.61. The fourth-order valence-corrected chi connectivity index (χ4v) is 5.31. The van der Waals surface area contributed by atoms with Crippen LogP contribution in [0.3, 0.4) is 0 Å². The molecule has 0 aliphatic heterocycles. The standard InChI is InChI=1S/C40H32N2O3/c1-27-11-14-29(15-12-27)25-44-34-20-18-33(19-21-34)42-40(43)32(24-41)23-37-35-9-5-3-8-31(35)17-22-39(37)45-26-38-28(2)13-16-30-7-4-6-10-36(30)38/h3-23H,25-26H2,1-2H3,(H,42,43)/b32-23+. The van der Waals surface area contributed by atoms with Gasteiger partial charge < -0.3 is 14.8 Å². The smallest absolute Gasteiger partial charge is 0.266 e. The van der Waals surface area contributed by atoms with Crippen LogP contribution in [0.25, 0.3) is 27.6 Å². The molecule has 0 heterocycles. The Bertz CT molecular complexity index is 2070. The summed E-state index contributed by atoms with van der Waals surface area (Å²) in [5, 5.41) is 17.1. The minimum Gasteiger partial charge on any atom is -0.489 e. The number of ether oxygens (including phenoxy) is 2. The fourth-order valence-electron chi connectivity index (χ4n) is 5.31. The van der Waals surface area contributed by atoms with E-state index in [1.807, 2.05) is 67.6 Å². The van der Waals surface area contributed by atoms with Gasteiger partial charge in [-0.3, -0.25) is 4.79 Å². The molecule has 0 saturated heterocycles. The van der Waals surface area contributed by atoms with Gasteiger partial charge in [0.15, 0.2) is 0 Å². The predicted molar refractivity (Wildman–Crippen MR) is 181 cm³/mol. The minimum absolute atomic E-state index is 0.0303. The lowest BCUT2D eigenvalue weighted by molar-refractivity contribution is -0.112. The fraction of sp³-hybridized carbons (Fsp3) is 0.100. The van der Waals surface area contributed by atoms with Crippen molar-refractivity contribution < 1.29 is 14.3 Å². The Hall–Kier alpha value is -5.86. The average Bonchev–Trinajstić information content (AvgIpc) is 3.07. The molecule has 0 radical (unpaired) electrons. The molecule has 1 N–H and O–H groups in total. The number of hydrogen-bond acceptors (Lipinski definition) is 4. The van der Waals surface area contributed by atoms with E-state index in [0.29, 0.717) is 36.0 Å². The number of hydrogen-bond donors (Lipinski definition) is 1. The Morgan fingerprint density at radius 1 is 0.733 bits per heavy atom. The van der Waals surface area contributed by atoms with Crippen LogP contribution in [0.1, 0.15) is 27.8 Å². The Balaban J connectivity index is 1.23. The molecule has 5 heteroatoms. The van der Waals surface area contributed by atoms with Gasteiger partial charge in [0, 0.05) is 16.8 Å². The monoisotopic (exact) mass is 588 g/mol. The number of anilines is 1. The van der Waals surface area contributed by atoms with Crippen LogP contribution in [0.5, 0.6) is 11.5 Å². The van der Waals surface area contributed by atoms with Gasteiger partial charge in [-0.1, -0.05) is 96.6 Å². The van der Waals surface area contributed by atoms with Crippen molar-refractivity contribution in [1.29, 1.82) is 5.26 Å². The van der Waals surface area contributed by atoms with E-state index in [-0.39, 0.29) is 5.57 Å². The molecule has 1 amide bonds. The van der Waals surface area contributed by atoms with Crippen molar-refractivity contribution in [2.75, 3.05) is 5.32 Å². The Morgan fingerprint density at radius 3 is 2.13 bits per heavy atom. The third kappa shape index (κ3) is 6.71. The zero-order valence-corrected chi connectivity index (χ0v) is 25.2. The van der Waals surface area contributed by atoms with E-state index in [2.05, 4.69) is 54.7 Å².